The SMILES string of the molecule is C[C@H](OC(=O)COc1ccc(Nc2ccccc2)cc1)C(=O)Nc1ccc(F)cc1. The van der Waals surface area contributed by atoms with Gasteiger partial charge in [0.25, 0.3) is 5.91 Å². The molecule has 3 rings (SSSR count). The minimum atomic E-state index is -1.02. The van der Waals surface area contributed by atoms with E-state index >= 15 is 0 Å². The van der Waals surface area contributed by atoms with E-state index < -0.39 is 23.8 Å². The van der Waals surface area contributed by atoms with Gasteiger partial charge in [-0.25, -0.2) is 9.18 Å². The molecule has 6 nitrogen and oxygen atoms in total. The van der Waals surface area contributed by atoms with Crippen LogP contribution in [0.15, 0.2) is 78.9 Å². The third kappa shape index (κ3) is 6.34. The number of amides is 1. The van der Waals surface area contributed by atoms with Gasteiger partial charge < -0.3 is 20.1 Å². The molecule has 3 aromatic carbocycles. The molecule has 154 valence electrons. The van der Waals surface area contributed by atoms with E-state index in [-0.39, 0.29) is 6.61 Å². The fraction of sp³-hybridized carbons (Fsp3) is 0.130. The first-order chi connectivity index (χ1) is 14.5. The van der Waals surface area contributed by atoms with E-state index in [0.29, 0.717) is 11.4 Å². The summed E-state index contributed by atoms with van der Waals surface area (Å²) in [7, 11) is 0. The van der Waals surface area contributed by atoms with E-state index in [4.69, 9.17) is 9.47 Å². The van der Waals surface area contributed by atoms with E-state index in [1.165, 1.54) is 31.2 Å². The van der Waals surface area contributed by atoms with Crippen molar-refractivity contribution >= 4 is 28.9 Å². The summed E-state index contributed by atoms with van der Waals surface area (Å²) in [5.41, 5.74) is 2.25. The van der Waals surface area contributed by atoms with Gasteiger partial charge in [0.2, 0.25) is 0 Å². The highest BCUT2D eigenvalue weighted by atomic mass is 19.1. The first kappa shape index (κ1) is 20.9. The van der Waals surface area contributed by atoms with Crippen LogP contribution in [0, 0.1) is 5.82 Å². The van der Waals surface area contributed by atoms with Crippen LogP contribution in [0.25, 0.3) is 0 Å². The number of rotatable bonds is 8. The second-order valence-corrected chi connectivity index (χ2v) is 6.43. The second-order valence-electron chi connectivity index (χ2n) is 6.43. The predicted molar refractivity (Wildman–Crippen MR) is 112 cm³/mol. The average Bonchev–Trinajstić information content (AvgIpc) is 2.75. The van der Waals surface area contributed by atoms with E-state index in [9.17, 15) is 14.0 Å². The number of hydrogen-bond acceptors (Lipinski definition) is 5. The van der Waals surface area contributed by atoms with Gasteiger partial charge in [-0.1, -0.05) is 18.2 Å². The summed E-state index contributed by atoms with van der Waals surface area (Å²) in [4.78, 5) is 24.0. The van der Waals surface area contributed by atoms with Crippen molar-refractivity contribution in [2.75, 3.05) is 17.2 Å². The molecular weight excluding hydrogens is 387 g/mol. The molecule has 0 bridgehead atoms. The van der Waals surface area contributed by atoms with E-state index in [1.807, 2.05) is 42.5 Å². The van der Waals surface area contributed by atoms with Crippen molar-refractivity contribution in [3.63, 3.8) is 0 Å². The molecule has 0 heterocycles. The summed E-state index contributed by atoms with van der Waals surface area (Å²) >= 11 is 0. The number of carbonyl (C=O) groups excluding carboxylic acids is 2. The van der Waals surface area contributed by atoms with Crippen LogP contribution in [0.5, 0.6) is 5.75 Å². The smallest absolute Gasteiger partial charge is 0.344 e. The molecule has 1 amide bonds. The third-order valence-corrected chi connectivity index (χ3v) is 4.06. The lowest BCUT2D eigenvalue weighted by molar-refractivity contribution is -0.155. The number of ether oxygens (including phenoxy) is 2. The monoisotopic (exact) mass is 408 g/mol. The van der Waals surface area contributed by atoms with Gasteiger partial charge in [-0.2, -0.15) is 0 Å². The molecule has 0 saturated heterocycles. The molecule has 0 aromatic heterocycles. The molecule has 0 spiro atoms. The molecule has 1 atom stereocenters. The molecule has 0 fully saturated rings. The van der Waals surface area contributed by atoms with Crippen LogP contribution in [0.3, 0.4) is 0 Å². The molecule has 0 aliphatic rings. The van der Waals surface area contributed by atoms with Gasteiger partial charge in [0.15, 0.2) is 12.7 Å². The Kier molecular flexibility index (Phi) is 7.00. The molecule has 0 saturated carbocycles. The lowest BCUT2D eigenvalue weighted by Gasteiger charge is -2.14. The highest BCUT2D eigenvalue weighted by Gasteiger charge is 2.18. The van der Waals surface area contributed by atoms with Crippen molar-refractivity contribution in [3.8, 4) is 5.75 Å². The van der Waals surface area contributed by atoms with E-state index in [2.05, 4.69) is 10.6 Å². The summed E-state index contributed by atoms with van der Waals surface area (Å²) in [6.45, 7) is 1.11. The van der Waals surface area contributed by atoms with Crippen LogP contribution in [0.4, 0.5) is 21.5 Å². The van der Waals surface area contributed by atoms with Gasteiger partial charge in [-0.15, -0.1) is 0 Å². The molecule has 0 radical (unpaired) electrons. The number of esters is 1. The summed E-state index contributed by atoms with van der Waals surface area (Å²) < 4.78 is 23.4. The van der Waals surface area contributed by atoms with E-state index in [0.717, 1.165) is 11.4 Å². The summed E-state index contributed by atoms with van der Waals surface area (Å²) in [5, 5.41) is 5.79. The zero-order valence-corrected chi connectivity index (χ0v) is 16.3. The Morgan fingerprint density at radius 2 is 1.47 bits per heavy atom. The zero-order valence-electron chi connectivity index (χ0n) is 16.3. The molecule has 7 heteroatoms. The first-order valence-corrected chi connectivity index (χ1v) is 9.30. The molecule has 3 aromatic rings. The lowest BCUT2D eigenvalue weighted by Crippen LogP contribution is -2.31. The number of hydrogen-bond donors (Lipinski definition) is 2. The molecule has 0 aliphatic carbocycles. The second kappa shape index (κ2) is 10.1. The summed E-state index contributed by atoms with van der Waals surface area (Å²) in [6, 6.07) is 22.1. The maximum atomic E-state index is 12.9. The van der Waals surface area contributed by atoms with Crippen molar-refractivity contribution in [1.29, 1.82) is 0 Å². The largest absolute Gasteiger partial charge is 0.482 e. The van der Waals surface area contributed by atoms with Crippen LogP contribution < -0.4 is 15.4 Å². The Morgan fingerprint density at radius 3 is 2.13 bits per heavy atom. The fourth-order valence-electron chi connectivity index (χ4n) is 2.53. The van der Waals surface area contributed by atoms with Crippen LogP contribution in [-0.4, -0.2) is 24.6 Å². The maximum Gasteiger partial charge on any atom is 0.344 e. The average molecular weight is 408 g/mol. The van der Waals surface area contributed by atoms with Gasteiger partial charge in [-0.05, 0) is 67.6 Å². The van der Waals surface area contributed by atoms with Gasteiger partial charge in [0, 0.05) is 17.1 Å². The lowest BCUT2D eigenvalue weighted by atomic mass is 10.2. The topological polar surface area (TPSA) is 76.7 Å². The van der Waals surface area contributed by atoms with Gasteiger partial charge >= 0.3 is 5.97 Å². The quantitative estimate of drug-likeness (QED) is 0.536. The van der Waals surface area contributed by atoms with Gasteiger partial charge in [-0.3, -0.25) is 4.79 Å². The third-order valence-electron chi connectivity index (χ3n) is 4.06. The van der Waals surface area contributed by atoms with Gasteiger partial charge in [0.05, 0.1) is 0 Å². The van der Waals surface area contributed by atoms with E-state index in [1.54, 1.807) is 12.1 Å². The van der Waals surface area contributed by atoms with Crippen molar-refractivity contribution < 1.29 is 23.5 Å². The van der Waals surface area contributed by atoms with Gasteiger partial charge in [0.1, 0.15) is 11.6 Å². The van der Waals surface area contributed by atoms with Crippen molar-refractivity contribution in [1.82, 2.24) is 0 Å². The Hall–Kier alpha value is -3.87. The summed E-state index contributed by atoms with van der Waals surface area (Å²) in [5.74, 6) is -1.11. The normalized spacial score (nSPS) is 11.3. The minimum absolute atomic E-state index is 0.334. The molecule has 30 heavy (non-hydrogen) atoms. The fourth-order valence-corrected chi connectivity index (χ4v) is 2.53. The molecule has 2 N–H and O–H groups in total. The van der Waals surface area contributed by atoms with Crippen LogP contribution in [-0.2, 0) is 14.3 Å². The molecular formula is C23H21FN2O4. The minimum Gasteiger partial charge on any atom is -0.482 e. The number of para-hydroxylation sites is 1. The standard InChI is InChI=1S/C23H21FN2O4/c1-16(23(28)26-20-9-7-17(24)8-10-20)30-22(27)15-29-21-13-11-19(12-14-21)25-18-5-3-2-4-6-18/h2-14,16,25H,15H2,1H3,(H,26,28)/t16-/m0/s1. The van der Waals surface area contributed by atoms with Crippen molar-refractivity contribution in [2.24, 2.45) is 0 Å². The van der Waals surface area contributed by atoms with Crippen molar-refractivity contribution in [3.05, 3.63) is 84.7 Å². The Bertz CT molecular complexity index is 976. The number of carbonyl (C=O) groups is 2. The van der Waals surface area contributed by atoms with Crippen LogP contribution in [0.1, 0.15) is 6.92 Å². The number of anilines is 3. The highest BCUT2D eigenvalue weighted by Crippen LogP contribution is 2.20. The first-order valence-electron chi connectivity index (χ1n) is 9.30. The Morgan fingerprint density at radius 1 is 0.867 bits per heavy atom. The number of halogens is 1. The predicted octanol–water partition coefficient (Wildman–Crippen LogP) is 4.52. The highest BCUT2D eigenvalue weighted by molar-refractivity contribution is 5.95. The number of nitrogens with one attached hydrogen (secondary N) is 2. The van der Waals surface area contributed by atoms with Crippen molar-refractivity contribution in [2.45, 2.75) is 13.0 Å². The van der Waals surface area contributed by atoms with Crippen LogP contribution >= 0.6 is 0 Å². The maximum absolute atomic E-state index is 12.9. The summed E-state index contributed by atoms with van der Waals surface area (Å²) in [6.07, 6.45) is -1.02. The Labute approximate surface area is 173 Å². The number of benzene rings is 3. The zero-order chi connectivity index (χ0) is 21.3. The molecule has 0 aliphatic heterocycles. The Balaban J connectivity index is 1.43. The van der Waals surface area contributed by atoms with Crippen LogP contribution in [0.2, 0.25) is 0 Å². The molecule has 0 unspecified atom stereocenters.